The highest BCUT2D eigenvalue weighted by Crippen LogP contribution is 2.24. The van der Waals surface area contributed by atoms with Crippen molar-refractivity contribution >= 4 is 31.6 Å². The third kappa shape index (κ3) is 5.55. The standard InChI is InChI=1S/C19H24N4O5S2/c1-29(25,26)17-8-11-23(12-9-17)30(27,28)18-6-4-16(5-7-18)22-19(24)21-14-15-3-2-10-20-13-15/h2-7,10,13,17H,8-9,11-12,14H2,1H3,(H2,21,22,24). The predicted octanol–water partition coefficient (Wildman–Crippen LogP) is 1.60. The highest BCUT2D eigenvalue weighted by molar-refractivity contribution is 7.91. The van der Waals surface area contributed by atoms with Crippen LogP contribution in [-0.2, 0) is 26.4 Å². The summed E-state index contributed by atoms with van der Waals surface area (Å²) in [7, 11) is -6.89. The SMILES string of the molecule is CS(=O)(=O)C1CCN(S(=O)(=O)c2ccc(NC(=O)NCc3cccnc3)cc2)CC1. The van der Waals surface area contributed by atoms with E-state index in [1.54, 1.807) is 18.5 Å². The molecule has 0 spiro atoms. The van der Waals surface area contributed by atoms with Gasteiger partial charge in [-0.05, 0) is 48.7 Å². The molecule has 0 aliphatic carbocycles. The number of aromatic nitrogens is 1. The van der Waals surface area contributed by atoms with E-state index in [0.717, 1.165) is 5.56 Å². The number of sulfone groups is 1. The summed E-state index contributed by atoms with van der Waals surface area (Å²) in [5.74, 6) is 0. The number of nitrogens with zero attached hydrogens (tertiary/aromatic N) is 2. The Labute approximate surface area is 176 Å². The molecule has 1 fully saturated rings. The Balaban J connectivity index is 1.57. The Bertz CT molecular complexity index is 1080. The molecular weight excluding hydrogens is 428 g/mol. The van der Waals surface area contributed by atoms with Gasteiger partial charge in [0.15, 0.2) is 0 Å². The molecular formula is C19H24N4O5S2. The van der Waals surface area contributed by atoms with E-state index in [9.17, 15) is 21.6 Å². The van der Waals surface area contributed by atoms with Gasteiger partial charge in [0.25, 0.3) is 0 Å². The van der Waals surface area contributed by atoms with Crippen molar-refractivity contribution in [3.05, 3.63) is 54.4 Å². The molecule has 0 bridgehead atoms. The monoisotopic (exact) mass is 452 g/mol. The molecule has 1 aromatic heterocycles. The zero-order chi connectivity index (χ0) is 21.8. The van der Waals surface area contributed by atoms with Crippen LogP contribution >= 0.6 is 0 Å². The lowest BCUT2D eigenvalue weighted by Gasteiger charge is -2.30. The van der Waals surface area contributed by atoms with Gasteiger partial charge in [-0.1, -0.05) is 6.07 Å². The average Bonchev–Trinajstić information content (AvgIpc) is 2.73. The third-order valence-corrected chi connectivity index (χ3v) is 8.53. The number of urea groups is 1. The summed E-state index contributed by atoms with van der Waals surface area (Å²) in [4.78, 5) is 16.1. The first kappa shape index (κ1) is 22.2. The maximum absolute atomic E-state index is 12.8. The van der Waals surface area contributed by atoms with Crippen molar-refractivity contribution in [2.45, 2.75) is 29.5 Å². The summed E-state index contributed by atoms with van der Waals surface area (Å²) in [5, 5.41) is 4.84. The van der Waals surface area contributed by atoms with Gasteiger partial charge < -0.3 is 10.6 Å². The molecule has 9 nitrogen and oxygen atoms in total. The van der Waals surface area contributed by atoms with E-state index in [1.165, 1.54) is 34.8 Å². The number of anilines is 1. The fourth-order valence-corrected chi connectivity index (χ4v) is 5.76. The van der Waals surface area contributed by atoms with Crippen LogP contribution in [0.2, 0.25) is 0 Å². The Morgan fingerprint density at radius 2 is 1.77 bits per heavy atom. The number of amides is 2. The topological polar surface area (TPSA) is 126 Å². The molecule has 2 aromatic rings. The Hall–Kier alpha value is -2.50. The lowest BCUT2D eigenvalue weighted by Crippen LogP contribution is -2.42. The molecule has 2 heterocycles. The van der Waals surface area contributed by atoms with Crippen molar-refractivity contribution in [3.63, 3.8) is 0 Å². The molecule has 3 rings (SSSR count). The lowest BCUT2D eigenvalue weighted by molar-refractivity contribution is 0.251. The van der Waals surface area contributed by atoms with E-state index >= 15 is 0 Å². The van der Waals surface area contributed by atoms with E-state index in [1.807, 2.05) is 6.07 Å². The van der Waals surface area contributed by atoms with Gasteiger partial charge in [0.2, 0.25) is 10.0 Å². The Morgan fingerprint density at radius 3 is 2.33 bits per heavy atom. The number of rotatable bonds is 6. The van der Waals surface area contributed by atoms with Crippen molar-refractivity contribution in [3.8, 4) is 0 Å². The molecule has 162 valence electrons. The molecule has 0 atom stereocenters. The van der Waals surface area contributed by atoms with Crippen LogP contribution in [0.3, 0.4) is 0 Å². The van der Waals surface area contributed by atoms with Gasteiger partial charge in [0, 0.05) is 44.0 Å². The van der Waals surface area contributed by atoms with Crippen molar-refractivity contribution < 1.29 is 21.6 Å². The number of carbonyl (C=O) groups excluding carboxylic acids is 1. The van der Waals surface area contributed by atoms with E-state index in [4.69, 9.17) is 0 Å². The minimum atomic E-state index is -3.72. The summed E-state index contributed by atoms with van der Waals surface area (Å²) >= 11 is 0. The van der Waals surface area contributed by atoms with Crippen LogP contribution in [0.15, 0.2) is 53.7 Å². The average molecular weight is 453 g/mol. The normalized spacial score (nSPS) is 16.2. The smallest absolute Gasteiger partial charge is 0.319 e. The van der Waals surface area contributed by atoms with Crippen molar-refractivity contribution in [1.82, 2.24) is 14.6 Å². The van der Waals surface area contributed by atoms with Crippen LogP contribution in [0.1, 0.15) is 18.4 Å². The van der Waals surface area contributed by atoms with Crippen LogP contribution in [0.25, 0.3) is 0 Å². The van der Waals surface area contributed by atoms with Gasteiger partial charge in [-0.25, -0.2) is 21.6 Å². The number of hydrogen-bond acceptors (Lipinski definition) is 6. The van der Waals surface area contributed by atoms with Gasteiger partial charge in [0.1, 0.15) is 9.84 Å². The van der Waals surface area contributed by atoms with Gasteiger partial charge in [-0.3, -0.25) is 4.98 Å². The summed E-state index contributed by atoms with van der Waals surface area (Å²) in [6.45, 7) is 0.642. The maximum Gasteiger partial charge on any atom is 0.319 e. The number of piperidine rings is 1. The maximum atomic E-state index is 12.8. The summed E-state index contributed by atoms with van der Waals surface area (Å²) < 4.78 is 50.2. The Morgan fingerprint density at radius 1 is 1.10 bits per heavy atom. The quantitative estimate of drug-likeness (QED) is 0.686. The zero-order valence-corrected chi connectivity index (χ0v) is 18.1. The van der Waals surface area contributed by atoms with E-state index < -0.39 is 31.1 Å². The molecule has 0 saturated carbocycles. The summed E-state index contributed by atoms with van der Waals surface area (Å²) in [6, 6.07) is 9.07. The highest BCUT2D eigenvalue weighted by atomic mass is 32.2. The summed E-state index contributed by atoms with van der Waals surface area (Å²) in [5.41, 5.74) is 1.31. The molecule has 2 amide bonds. The number of benzene rings is 1. The van der Waals surface area contributed by atoms with E-state index in [2.05, 4.69) is 15.6 Å². The van der Waals surface area contributed by atoms with Crippen LogP contribution < -0.4 is 10.6 Å². The van der Waals surface area contributed by atoms with Crippen molar-refractivity contribution in [2.24, 2.45) is 0 Å². The second-order valence-electron chi connectivity index (χ2n) is 7.13. The van der Waals surface area contributed by atoms with Crippen LogP contribution in [-0.4, -0.2) is 56.8 Å². The summed E-state index contributed by atoms with van der Waals surface area (Å²) in [6.07, 6.45) is 5.05. The third-order valence-electron chi connectivity index (χ3n) is 4.93. The molecule has 11 heteroatoms. The molecule has 0 radical (unpaired) electrons. The van der Waals surface area contributed by atoms with Gasteiger partial charge in [-0.15, -0.1) is 0 Å². The van der Waals surface area contributed by atoms with Crippen molar-refractivity contribution in [2.75, 3.05) is 24.7 Å². The predicted molar refractivity (Wildman–Crippen MR) is 113 cm³/mol. The first-order valence-corrected chi connectivity index (χ1v) is 12.8. The van der Waals surface area contributed by atoms with Crippen LogP contribution in [0, 0.1) is 0 Å². The highest BCUT2D eigenvalue weighted by Gasteiger charge is 2.33. The molecule has 30 heavy (non-hydrogen) atoms. The molecule has 2 N–H and O–H groups in total. The van der Waals surface area contributed by atoms with Crippen LogP contribution in [0.4, 0.5) is 10.5 Å². The lowest BCUT2D eigenvalue weighted by atomic mass is 10.2. The number of pyridine rings is 1. The fourth-order valence-electron chi connectivity index (χ4n) is 3.22. The number of carbonyl (C=O) groups is 1. The van der Waals surface area contributed by atoms with E-state index in [0.29, 0.717) is 12.2 Å². The molecule has 1 aliphatic rings. The van der Waals surface area contributed by atoms with Gasteiger partial charge >= 0.3 is 6.03 Å². The number of sulfonamides is 1. The second-order valence-corrected chi connectivity index (χ2v) is 11.4. The second kappa shape index (κ2) is 9.11. The first-order valence-electron chi connectivity index (χ1n) is 9.39. The van der Waals surface area contributed by atoms with Crippen LogP contribution in [0.5, 0.6) is 0 Å². The van der Waals surface area contributed by atoms with Gasteiger partial charge in [0.05, 0.1) is 10.1 Å². The van der Waals surface area contributed by atoms with Crippen molar-refractivity contribution in [1.29, 1.82) is 0 Å². The number of hydrogen-bond donors (Lipinski definition) is 2. The largest absolute Gasteiger partial charge is 0.334 e. The minimum absolute atomic E-state index is 0.0987. The minimum Gasteiger partial charge on any atom is -0.334 e. The van der Waals surface area contributed by atoms with E-state index in [-0.39, 0.29) is 30.8 Å². The van der Waals surface area contributed by atoms with Gasteiger partial charge in [-0.2, -0.15) is 4.31 Å². The first-order chi connectivity index (χ1) is 14.2. The molecule has 0 unspecified atom stereocenters. The zero-order valence-electron chi connectivity index (χ0n) is 16.5. The molecule has 1 aliphatic heterocycles. The molecule has 1 saturated heterocycles. The number of nitrogens with one attached hydrogen (secondary N) is 2. The fraction of sp³-hybridized carbons (Fsp3) is 0.368. The Kier molecular flexibility index (Phi) is 6.74. The molecule has 1 aromatic carbocycles.